The second kappa shape index (κ2) is 4.91. The molecule has 1 aromatic rings. The van der Waals surface area contributed by atoms with Crippen LogP contribution in [0.4, 0.5) is 0 Å². The third-order valence-corrected chi connectivity index (χ3v) is 4.56. The lowest BCUT2D eigenvalue weighted by atomic mass is 10.4. The topological polar surface area (TPSA) is 109 Å². The molecule has 0 atom stereocenters. The molecule has 1 rings (SSSR count). The van der Waals surface area contributed by atoms with Crippen molar-refractivity contribution in [3.63, 3.8) is 0 Å². The van der Waals surface area contributed by atoms with E-state index in [0.717, 1.165) is 17.4 Å². The number of thiophene rings is 1. The number of aryl methyl sites for hydroxylation is 1. The zero-order chi connectivity index (χ0) is 12.3. The summed E-state index contributed by atoms with van der Waals surface area (Å²) in [5, 5.41) is 8.74. The SMILES string of the molecule is Cc1sc(C(=O)O)cc1S(=O)(=O)NCCN. The number of hydrogen-bond acceptors (Lipinski definition) is 5. The highest BCUT2D eigenvalue weighted by atomic mass is 32.2. The van der Waals surface area contributed by atoms with Gasteiger partial charge in [0, 0.05) is 18.0 Å². The second-order valence-corrected chi connectivity index (χ2v) is 6.01. The van der Waals surface area contributed by atoms with Gasteiger partial charge in [0.2, 0.25) is 10.0 Å². The number of hydrogen-bond donors (Lipinski definition) is 3. The van der Waals surface area contributed by atoms with Crippen LogP contribution in [0.2, 0.25) is 0 Å². The molecule has 1 heterocycles. The average molecular weight is 264 g/mol. The summed E-state index contributed by atoms with van der Waals surface area (Å²) in [7, 11) is -3.65. The molecule has 0 fully saturated rings. The standard InChI is InChI=1S/C8H12N2O4S2/c1-5-7(4-6(15-5)8(11)12)16(13,14)10-3-2-9/h4,10H,2-3,9H2,1H3,(H,11,12). The first kappa shape index (κ1) is 13.1. The smallest absolute Gasteiger partial charge is 0.345 e. The zero-order valence-corrected chi connectivity index (χ0v) is 10.2. The van der Waals surface area contributed by atoms with Crippen molar-refractivity contribution in [3.8, 4) is 0 Å². The first-order valence-electron chi connectivity index (χ1n) is 4.42. The van der Waals surface area contributed by atoms with Crippen molar-refractivity contribution in [1.29, 1.82) is 0 Å². The highest BCUT2D eigenvalue weighted by Gasteiger charge is 2.21. The number of nitrogens with one attached hydrogen (secondary N) is 1. The number of carboxylic acids is 1. The van der Waals surface area contributed by atoms with Crippen molar-refractivity contribution in [1.82, 2.24) is 4.72 Å². The van der Waals surface area contributed by atoms with Gasteiger partial charge < -0.3 is 10.8 Å². The van der Waals surface area contributed by atoms with Crippen LogP contribution in [-0.2, 0) is 10.0 Å². The lowest BCUT2D eigenvalue weighted by Crippen LogP contribution is -2.29. The minimum atomic E-state index is -3.65. The van der Waals surface area contributed by atoms with Crippen molar-refractivity contribution in [2.24, 2.45) is 5.73 Å². The zero-order valence-electron chi connectivity index (χ0n) is 8.56. The summed E-state index contributed by atoms with van der Waals surface area (Å²) in [5.74, 6) is -1.13. The number of carbonyl (C=O) groups is 1. The summed E-state index contributed by atoms with van der Waals surface area (Å²) in [6, 6.07) is 1.15. The van der Waals surface area contributed by atoms with E-state index < -0.39 is 16.0 Å². The van der Waals surface area contributed by atoms with E-state index >= 15 is 0 Å². The molecular formula is C8H12N2O4S2. The molecule has 0 saturated heterocycles. The van der Waals surface area contributed by atoms with Gasteiger partial charge in [-0.2, -0.15) is 0 Å². The Bertz CT molecular complexity index is 492. The van der Waals surface area contributed by atoms with Crippen LogP contribution < -0.4 is 10.5 Å². The molecule has 0 aliphatic rings. The Labute approximate surface area is 97.1 Å². The van der Waals surface area contributed by atoms with Crippen LogP contribution in [0, 0.1) is 6.92 Å². The van der Waals surface area contributed by atoms with E-state index in [2.05, 4.69) is 4.72 Å². The maximum Gasteiger partial charge on any atom is 0.345 e. The fourth-order valence-corrected chi connectivity index (χ4v) is 3.58. The van der Waals surface area contributed by atoms with Gasteiger partial charge in [-0.15, -0.1) is 11.3 Å². The van der Waals surface area contributed by atoms with E-state index in [1.807, 2.05) is 0 Å². The Morgan fingerprint density at radius 2 is 2.25 bits per heavy atom. The third kappa shape index (κ3) is 2.79. The minimum Gasteiger partial charge on any atom is -0.477 e. The summed E-state index contributed by atoms with van der Waals surface area (Å²) in [6.45, 7) is 1.88. The number of aromatic carboxylic acids is 1. The van der Waals surface area contributed by atoms with Gasteiger partial charge in [0.05, 0.1) is 4.90 Å². The normalized spacial score (nSPS) is 11.6. The van der Waals surface area contributed by atoms with Crippen LogP contribution in [0.25, 0.3) is 0 Å². The molecule has 1 aromatic heterocycles. The van der Waals surface area contributed by atoms with E-state index in [-0.39, 0.29) is 22.9 Å². The molecule has 0 aliphatic heterocycles. The molecule has 6 nitrogen and oxygen atoms in total. The first-order valence-corrected chi connectivity index (χ1v) is 6.72. The lowest BCUT2D eigenvalue weighted by Gasteiger charge is -2.03. The van der Waals surface area contributed by atoms with Crippen molar-refractivity contribution >= 4 is 27.3 Å². The van der Waals surface area contributed by atoms with E-state index in [0.29, 0.717) is 4.88 Å². The molecule has 0 spiro atoms. The molecule has 16 heavy (non-hydrogen) atoms. The number of nitrogens with two attached hydrogens (primary N) is 1. The van der Waals surface area contributed by atoms with Crippen molar-refractivity contribution < 1.29 is 18.3 Å². The molecule has 0 aliphatic carbocycles. The Balaban J connectivity index is 3.08. The predicted molar refractivity (Wildman–Crippen MR) is 60.3 cm³/mol. The maximum atomic E-state index is 11.7. The highest BCUT2D eigenvalue weighted by molar-refractivity contribution is 7.89. The molecule has 0 saturated carbocycles. The minimum absolute atomic E-state index is 0.00310. The Hall–Kier alpha value is -0.960. The molecule has 90 valence electrons. The van der Waals surface area contributed by atoms with Crippen molar-refractivity contribution in [2.45, 2.75) is 11.8 Å². The molecular weight excluding hydrogens is 252 g/mol. The number of sulfonamides is 1. The largest absolute Gasteiger partial charge is 0.477 e. The van der Waals surface area contributed by atoms with Crippen molar-refractivity contribution in [3.05, 3.63) is 15.8 Å². The van der Waals surface area contributed by atoms with E-state index in [4.69, 9.17) is 10.8 Å². The number of carboxylic acid groups (broad SMARTS) is 1. The molecule has 4 N–H and O–H groups in total. The maximum absolute atomic E-state index is 11.7. The predicted octanol–water partition coefficient (Wildman–Crippen LogP) is -0.00828. The second-order valence-electron chi connectivity index (χ2n) is 3.02. The van der Waals surface area contributed by atoms with Crippen molar-refractivity contribution in [2.75, 3.05) is 13.1 Å². The van der Waals surface area contributed by atoms with Crippen LogP contribution >= 0.6 is 11.3 Å². The third-order valence-electron chi connectivity index (χ3n) is 1.81. The van der Waals surface area contributed by atoms with E-state index in [9.17, 15) is 13.2 Å². The van der Waals surface area contributed by atoms with Crippen LogP contribution in [0.3, 0.4) is 0 Å². The van der Waals surface area contributed by atoms with Gasteiger partial charge in [-0.3, -0.25) is 0 Å². The van der Waals surface area contributed by atoms with Gasteiger partial charge in [0.15, 0.2) is 0 Å². The first-order chi connectivity index (χ1) is 7.38. The monoisotopic (exact) mass is 264 g/mol. The lowest BCUT2D eigenvalue weighted by molar-refractivity contribution is 0.0702. The molecule has 0 unspecified atom stereocenters. The van der Waals surface area contributed by atoms with Gasteiger partial charge in [-0.25, -0.2) is 17.9 Å². The van der Waals surface area contributed by atoms with Gasteiger partial charge in [-0.1, -0.05) is 0 Å². The van der Waals surface area contributed by atoms with Gasteiger partial charge in [0.1, 0.15) is 4.88 Å². The quantitative estimate of drug-likeness (QED) is 0.693. The fourth-order valence-electron chi connectivity index (χ4n) is 1.11. The molecule has 0 aromatic carbocycles. The average Bonchev–Trinajstić information content (AvgIpc) is 2.58. The van der Waals surface area contributed by atoms with Gasteiger partial charge in [0.25, 0.3) is 0 Å². The van der Waals surface area contributed by atoms with Gasteiger partial charge in [-0.05, 0) is 13.0 Å². The van der Waals surface area contributed by atoms with Crippen LogP contribution in [-0.4, -0.2) is 32.6 Å². The Morgan fingerprint density at radius 1 is 1.62 bits per heavy atom. The summed E-state index contributed by atoms with van der Waals surface area (Å²) in [5.41, 5.74) is 5.19. The van der Waals surface area contributed by atoms with Crippen LogP contribution in [0.15, 0.2) is 11.0 Å². The van der Waals surface area contributed by atoms with Crippen LogP contribution in [0.5, 0.6) is 0 Å². The fraction of sp³-hybridized carbons (Fsp3) is 0.375. The van der Waals surface area contributed by atoms with E-state index in [1.54, 1.807) is 6.92 Å². The molecule has 0 amide bonds. The molecule has 0 bridgehead atoms. The molecule has 8 heteroatoms. The summed E-state index contributed by atoms with van der Waals surface area (Å²) in [4.78, 5) is 11.1. The number of rotatable bonds is 5. The summed E-state index contributed by atoms with van der Waals surface area (Å²) in [6.07, 6.45) is 0. The van der Waals surface area contributed by atoms with Crippen LogP contribution in [0.1, 0.15) is 14.5 Å². The summed E-state index contributed by atoms with van der Waals surface area (Å²) >= 11 is 0.933. The highest BCUT2D eigenvalue weighted by Crippen LogP contribution is 2.25. The Morgan fingerprint density at radius 3 is 2.69 bits per heavy atom. The Kier molecular flexibility index (Phi) is 4.03. The summed E-state index contributed by atoms with van der Waals surface area (Å²) < 4.78 is 25.7. The van der Waals surface area contributed by atoms with Gasteiger partial charge >= 0.3 is 5.97 Å². The molecule has 0 radical (unpaired) electrons. The van der Waals surface area contributed by atoms with E-state index in [1.165, 1.54) is 0 Å².